The van der Waals surface area contributed by atoms with Crippen LogP contribution in [-0.2, 0) is 12.8 Å². The minimum absolute atomic E-state index is 0.989. The Bertz CT molecular complexity index is 416. The largest absolute Gasteiger partial charge is 0.197 e. The summed E-state index contributed by atoms with van der Waals surface area (Å²) in [5, 5.41) is 10.8. The first kappa shape index (κ1) is 5.29. The van der Waals surface area contributed by atoms with Crippen molar-refractivity contribution in [1.82, 2.24) is 15.4 Å². The van der Waals surface area contributed by atoms with Crippen molar-refractivity contribution in [2.24, 2.45) is 0 Å². The van der Waals surface area contributed by atoms with Gasteiger partial charge in [-0.05, 0) is 30.0 Å². The number of aryl methyl sites for hydroxylation is 2. The van der Waals surface area contributed by atoms with Crippen molar-refractivity contribution in [1.29, 1.82) is 0 Å². The molecule has 3 rings (SSSR count). The Hall–Kier alpha value is -1.38. The van der Waals surface area contributed by atoms with E-state index in [2.05, 4.69) is 21.5 Å². The van der Waals surface area contributed by atoms with E-state index < -0.39 is 0 Å². The predicted molar refractivity (Wildman–Crippen MR) is 41.3 cm³/mol. The number of aromatic amines is 1. The molecule has 54 valence electrons. The number of nitrogens with one attached hydrogen (secondary N) is 1. The van der Waals surface area contributed by atoms with Gasteiger partial charge >= 0.3 is 0 Å². The molecule has 0 bridgehead atoms. The standard InChI is InChI=1S/C8H7N3/c1-3-6-5(1)2-4-7-8(6)10-11-9-7/h2,4H,1,3H2,(H,9,10,11). The molecule has 0 unspecified atom stereocenters. The number of benzene rings is 1. The average molecular weight is 145 g/mol. The van der Waals surface area contributed by atoms with Crippen LogP contribution in [0.5, 0.6) is 0 Å². The molecule has 11 heavy (non-hydrogen) atoms. The van der Waals surface area contributed by atoms with Gasteiger partial charge in [0.25, 0.3) is 0 Å². The number of aromatic nitrogens is 3. The fraction of sp³-hybridized carbons (Fsp3) is 0.250. The van der Waals surface area contributed by atoms with Crippen molar-refractivity contribution < 1.29 is 0 Å². The zero-order chi connectivity index (χ0) is 7.26. The second kappa shape index (κ2) is 1.61. The summed E-state index contributed by atoms with van der Waals surface area (Å²) in [7, 11) is 0. The van der Waals surface area contributed by atoms with E-state index in [1.165, 1.54) is 24.0 Å². The van der Waals surface area contributed by atoms with Crippen molar-refractivity contribution in [2.75, 3.05) is 0 Å². The van der Waals surface area contributed by atoms with Gasteiger partial charge in [-0.2, -0.15) is 15.4 Å². The van der Waals surface area contributed by atoms with Gasteiger partial charge < -0.3 is 0 Å². The first-order chi connectivity index (χ1) is 5.45. The number of hydrogen-bond acceptors (Lipinski definition) is 2. The third kappa shape index (κ3) is 0.533. The Labute approximate surface area is 63.4 Å². The quantitative estimate of drug-likeness (QED) is 0.602. The van der Waals surface area contributed by atoms with Gasteiger partial charge in [0, 0.05) is 0 Å². The molecule has 0 aliphatic heterocycles. The highest BCUT2D eigenvalue weighted by Crippen LogP contribution is 2.28. The molecule has 1 N–H and O–H groups in total. The van der Waals surface area contributed by atoms with Gasteiger partial charge in [-0.3, -0.25) is 0 Å². The summed E-state index contributed by atoms with van der Waals surface area (Å²) >= 11 is 0. The van der Waals surface area contributed by atoms with Crippen molar-refractivity contribution in [3.8, 4) is 0 Å². The van der Waals surface area contributed by atoms with Gasteiger partial charge in [0.05, 0.1) is 0 Å². The minimum Gasteiger partial charge on any atom is -0.197 e. The van der Waals surface area contributed by atoms with Crippen molar-refractivity contribution in [2.45, 2.75) is 12.8 Å². The predicted octanol–water partition coefficient (Wildman–Crippen LogP) is 1.06. The second-order valence-corrected chi connectivity index (χ2v) is 2.89. The summed E-state index contributed by atoms with van der Waals surface area (Å²) in [4.78, 5) is 0. The topological polar surface area (TPSA) is 41.6 Å². The third-order valence-corrected chi connectivity index (χ3v) is 2.34. The van der Waals surface area contributed by atoms with Crippen LogP contribution in [-0.4, -0.2) is 15.4 Å². The van der Waals surface area contributed by atoms with Gasteiger partial charge in [0.2, 0.25) is 0 Å². The molecule has 1 aromatic carbocycles. The number of hydrogen-bond donors (Lipinski definition) is 1. The highest BCUT2D eigenvalue weighted by molar-refractivity contribution is 5.80. The van der Waals surface area contributed by atoms with Gasteiger partial charge in [0.1, 0.15) is 11.0 Å². The molecule has 2 aromatic rings. The smallest absolute Gasteiger partial charge is 0.116 e. The monoisotopic (exact) mass is 145 g/mol. The molecule has 0 saturated carbocycles. The molecule has 0 radical (unpaired) electrons. The summed E-state index contributed by atoms with van der Waals surface area (Å²) in [5.41, 5.74) is 4.87. The first-order valence-electron chi connectivity index (χ1n) is 3.76. The Morgan fingerprint density at radius 3 is 3.00 bits per heavy atom. The summed E-state index contributed by atoms with van der Waals surface area (Å²) in [6.45, 7) is 0. The van der Waals surface area contributed by atoms with Gasteiger partial charge in [-0.25, -0.2) is 0 Å². The SMILES string of the molecule is c1cc2n[nH]nc2c2c1CC2. The molecule has 1 aromatic heterocycles. The number of fused-ring (bicyclic) bond motifs is 3. The fourth-order valence-corrected chi connectivity index (χ4v) is 1.61. The lowest BCUT2D eigenvalue weighted by molar-refractivity contribution is 0.845. The number of rotatable bonds is 0. The van der Waals surface area contributed by atoms with E-state index in [9.17, 15) is 0 Å². The molecule has 0 fully saturated rings. The molecular weight excluding hydrogens is 138 g/mol. The molecule has 0 amide bonds. The van der Waals surface area contributed by atoms with Crippen molar-refractivity contribution in [3.63, 3.8) is 0 Å². The highest BCUT2D eigenvalue weighted by atomic mass is 15.3. The molecule has 0 saturated heterocycles. The lowest BCUT2D eigenvalue weighted by Crippen LogP contribution is -2.08. The Morgan fingerprint density at radius 2 is 2.18 bits per heavy atom. The molecular formula is C8H7N3. The zero-order valence-electron chi connectivity index (χ0n) is 5.96. The number of nitrogens with zero attached hydrogens (tertiary/aromatic N) is 2. The van der Waals surface area contributed by atoms with E-state index in [0.717, 1.165) is 11.0 Å². The Kier molecular flexibility index (Phi) is 0.776. The van der Waals surface area contributed by atoms with Crippen LogP contribution in [0, 0.1) is 0 Å². The zero-order valence-corrected chi connectivity index (χ0v) is 5.96. The fourth-order valence-electron chi connectivity index (χ4n) is 1.61. The van der Waals surface area contributed by atoms with Crippen molar-refractivity contribution >= 4 is 11.0 Å². The molecule has 0 atom stereocenters. The first-order valence-corrected chi connectivity index (χ1v) is 3.76. The molecule has 0 spiro atoms. The second-order valence-electron chi connectivity index (χ2n) is 2.89. The maximum Gasteiger partial charge on any atom is 0.116 e. The molecule has 1 heterocycles. The van der Waals surface area contributed by atoms with E-state index in [4.69, 9.17) is 0 Å². The minimum atomic E-state index is 0.989. The lowest BCUT2D eigenvalue weighted by Gasteiger charge is -2.17. The van der Waals surface area contributed by atoms with Crippen LogP contribution in [0.1, 0.15) is 11.1 Å². The van der Waals surface area contributed by atoms with Crippen LogP contribution in [0.15, 0.2) is 12.1 Å². The lowest BCUT2D eigenvalue weighted by atomic mass is 9.88. The maximum absolute atomic E-state index is 4.09. The van der Waals surface area contributed by atoms with Gasteiger partial charge in [-0.1, -0.05) is 6.07 Å². The van der Waals surface area contributed by atoms with Crippen molar-refractivity contribution in [3.05, 3.63) is 23.3 Å². The average Bonchev–Trinajstić information content (AvgIpc) is 2.34. The van der Waals surface area contributed by atoms with Gasteiger partial charge in [0.15, 0.2) is 0 Å². The molecule has 3 heteroatoms. The van der Waals surface area contributed by atoms with Crippen LogP contribution >= 0.6 is 0 Å². The van der Waals surface area contributed by atoms with Crippen LogP contribution in [0.25, 0.3) is 11.0 Å². The molecule has 3 nitrogen and oxygen atoms in total. The highest BCUT2D eigenvalue weighted by Gasteiger charge is 2.17. The van der Waals surface area contributed by atoms with Crippen LogP contribution in [0.3, 0.4) is 0 Å². The third-order valence-electron chi connectivity index (χ3n) is 2.34. The van der Waals surface area contributed by atoms with Crippen LogP contribution < -0.4 is 0 Å². The van der Waals surface area contributed by atoms with Crippen LogP contribution in [0.4, 0.5) is 0 Å². The normalized spacial score (nSPS) is 14.5. The van der Waals surface area contributed by atoms with E-state index in [0.29, 0.717) is 0 Å². The molecule has 1 aliphatic rings. The molecule has 1 aliphatic carbocycles. The van der Waals surface area contributed by atoms with E-state index >= 15 is 0 Å². The number of H-pyrrole nitrogens is 1. The van der Waals surface area contributed by atoms with Gasteiger partial charge in [-0.15, -0.1) is 0 Å². The van der Waals surface area contributed by atoms with Crippen LogP contribution in [0.2, 0.25) is 0 Å². The maximum atomic E-state index is 4.09. The summed E-state index contributed by atoms with van der Waals surface area (Å²) in [6, 6.07) is 4.17. The van der Waals surface area contributed by atoms with E-state index in [1.54, 1.807) is 0 Å². The Morgan fingerprint density at radius 1 is 1.18 bits per heavy atom. The summed E-state index contributed by atoms with van der Waals surface area (Å²) < 4.78 is 0. The van der Waals surface area contributed by atoms with E-state index in [-0.39, 0.29) is 0 Å². The summed E-state index contributed by atoms with van der Waals surface area (Å²) in [5.74, 6) is 0. The Balaban J connectivity index is 2.54. The van der Waals surface area contributed by atoms with E-state index in [1.807, 2.05) is 6.07 Å². The summed E-state index contributed by atoms with van der Waals surface area (Å²) in [6.07, 6.45) is 2.37.